The SMILES string of the molecule is CCCN1CCCC2(Cc3ccccc3N(C(=O)CCc3ccc(-c4ccccc4)cc3)C2)C1.O=C(O)C(=O)O. The van der Waals surface area contributed by atoms with Gasteiger partial charge in [-0.1, -0.05) is 79.7 Å². The zero-order valence-corrected chi connectivity index (χ0v) is 23.1. The molecule has 2 heterocycles. The van der Waals surface area contributed by atoms with Crippen LogP contribution in [0.4, 0.5) is 5.69 Å². The number of piperidine rings is 1. The van der Waals surface area contributed by atoms with Gasteiger partial charge in [-0.05, 0) is 73.5 Å². The first-order chi connectivity index (χ1) is 19.3. The van der Waals surface area contributed by atoms with Crippen LogP contribution < -0.4 is 4.90 Å². The molecular formula is C33H38N2O5. The predicted octanol–water partition coefficient (Wildman–Crippen LogP) is 5.52. The van der Waals surface area contributed by atoms with Gasteiger partial charge in [0.1, 0.15) is 0 Å². The van der Waals surface area contributed by atoms with Crippen LogP contribution in [0.15, 0.2) is 78.9 Å². The molecule has 0 aliphatic carbocycles. The highest BCUT2D eigenvalue weighted by Gasteiger charge is 2.42. The summed E-state index contributed by atoms with van der Waals surface area (Å²) in [4.78, 5) is 36.5. The fourth-order valence-electron chi connectivity index (χ4n) is 6.00. The molecule has 0 aromatic heterocycles. The fourth-order valence-corrected chi connectivity index (χ4v) is 6.00. The van der Waals surface area contributed by atoms with Crippen molar-refractivity contribution in [3.05, 3.63) is 90.0 Å². The molecule has 1 unspecified atom stereocenters. The van der Waals surface area contributed by atoms with E-state index >= 15 is 0 Å². The summed E-state index contributed by atoms with van der Waals surface area (Å²) in [6, 6.07) is 27.7. The molecule has 1 amide bonds. The Kier molecular flexibility index (Phi) is 9.72. The average molecular weight is 543 g/mol. The predicted molar refractivity (Wildman–Crippen MR) is 156 cm³/mol. The summed E-state index contributed by atoms with van der Waals surface area (Å²) < 4.78 is 0. The number of carbonyl (C=O) groups is 3. The van der Waals surface area contributed by atoms with E-state index in [9.17, 15) is 4.79 Å². The third-order valence-corrected chi connectivity index (χ3v) is 7.79. The number of hydrogen-bond donors (Lipinski definition) is 2. The Labute approximate surface area is 236 Å². The fraction of sp³-hybridized carbons (Fsp3) is 0.364. The van der Waals surface area contributed by atoms with Crippen molar-refractivity contribution >= 4 is 23.5 Å². The highest BCUT2D eigenvalue weighted by atomic mass is 16.4. The summed E-state index contributed by atoms with van der Waals surface area (Å²) in [5.74, 6) is -3.39. The molecule has 3 aromatic rings. The van der Waals surface area contributed by atoms with Crippen molar-refractivity contribution in [2.75, 3.05) is 31.1 Å². The number of rotatable bonds is 6. The van der Waals surface area contributed by atoms with Crippen molar-refractivity contribution < 1.29 is 24.6 Å². The molecule has 5 rings (SSSR count). The van der Waals surface area contributed by atoms with Crippen LogP contribution in [-0.4, -0.2) is 59.1 Å². The monoisotopic (exact) mass is 542 g/mol. The highest BCUT2D eigenvalue weighted by Crippen LogP contribution is 2.42. The maximum absolute atomic E-state index is 13.6. The summed E-state index contributed by atoms with van der Waals surface area (Å²) in [6.07, 6.45) is 6.06. The van der Waals surface area contributed by atoms with Crippen molar-refractivity contribution in [2.45, 2.75) is 45.4 Å². The summed E-state index contributed by atoms with van der Waals surface area (Å²) in [7, 11) is 0. The van der Waals surface area contributed by atoms with Crippen LogP contribution in [0.25, 0.3) is 11.1 Å². The number of aryl methyl sites for hydroxylation is 1. The zero-order valence-electron chi connectivity index (χ0n) is 23.1. The standard InChI is InChI=1S/C31H36N2O.C2H2O4/c1-2-20-32-21-8-19-31(23-32)22-28-11-6-7-12-29(28)33(24-31)30(34)18-15-25-13-16-27(17-14-25)26-9-4-3-5-10-26;3-1(4)2(5)6/h3-7,9-14,16-17H,2,8,15,18-24H2,1H3;(H,3,4)(H,5,6). The lowest BCUT2D eigenvalue weighted by Gasteiger charge is -2.49. The third-order valence-electron chi connectivity index (χ3n) is 7.79. The van der Waals surface area contributed by atoms with Gasteiger partial charge in [0, 0.05) is 30.6 Å². The van der Waals surface area contributed by atoms with Gasteiger partial charge in [0.05, 0.1) is 0 Å². The molecular weight excluding hydrogens is 504 g/mol. The van der Waals surface area contributed by atoms with Gasteiger partial charge in [-0.3, -0.25) is 4.79 Å². The van der Waals surface area contributed by atoms with E-state index in [2.05, 4.69) is 89.5 Å². The normalized spacial score (nSPS) is 18.4. The first-order valence-corrected chi connectivity index (χ1v) is 14.0. The Morgan fingerprint density at radius 1 is 0.825 bits per heavy atom. The van der Waals surface area contributed by atoms with Crippen LogP contribution in [0.3, 0.4) is 0 Å². The molecule has 40 heavy (non-hydrogen) atoms. The van der Waals surface area contributed by atoms with E-state index in [0.717, 1.165) is 38.2 Å². The molecule has 7 heteroatoms. The smallest absolute Gasteiger partial charge is 0.414 e. The maximum atomic E-state index is 13.6. The molecule has 2 aliphatic heterocycles. The van der Waals surface area contributed by atoms with Gasteiger partial charge in [0.2, 0.25) is 5.91 Å². The van der Waals surface area contributed by atoms with Gasteiger partial charge >= 0.3 is 11.9 Å². The number of para-hydroxylation sites is 1. The molecule has 2 N–H and O–H groups in total. The summed E-state index contributed by atoms with van der Waals surface area (Å²) in [6.45, 7) is 6.59. The summed E-state index contributed by atoms with van der Waals surface area (Å²) >= 11 is 0. The highest BCUT2D eigenvalue weighted by molar-refractivity contribution is 6.27. The van der Waals surface area contributed by atoms with E-state index in [1.807, 2.05) is 6.07 Å². The van der Waals surface area contributed by atoms with Crippen LogP contribution in [0.5, 0.6) is 0 Å². The van der Waals surface area contributed by atoms with E-state index in [1.165, 1.54) is 48.1 Å². The number of nitrogens with zero attached hydrogens (tertiary/aromatic N) is 2. The molecule has 7 nitrogen and oxygen atoms in total. The first kappa shape index (κ1) is 29.0. The Morgan fingerprint density at radius 2 is 1.48 bits per heavy atom. The number of carbonyl (C=O) groups excluding carboxylic acids is 1. The Hall–Kier alpha value is -3.97. The van der Waals surface area contributed by atoms with E-state index in [1.54, 1.807) is 0 Å². The van der Waals surface area contributed by atoms with Gasteiger partial charge < -0.3 is 20.0 Å². The molecule has 0 radical (unpaired) electrons. The molecule has 1 saturated heterocycles. The number of carboxylic acids is 2. The van der Waals surface area contributed by atoms with Crippen molar-refractivity contribution in [3.8, 4) is 11.1 Å². The van der Waals surface area contributed by atoms with Gasteiger partial charge in [-0.25, -0.2) is 9.59 Å². The Balaban J connectivity index is 0.000000557. The molecule has 2 aliphatic rings. The van der Waals surface area contributed by atoms with Crippen LogP contribution in [-0.2, 0) is 27.2 Å². The number of aliphatic carboxylic acids is 2. The lowest BCUT2D eigenvalue weighted by molar-refractivity contribution is -0.159. The van der Waals surface area contributed by atoms with Crippen molar-refractivity contribution in [1.29, 1.82) is 0 Å². The molecule has 0 saturated carbocycles. The molecule has 1 atom stereocenters. The number of carboxylic acid groups (broad SMARTS) is 2. The van der Waals surface area contributed by atoms with Crippen molar-refractivity contribution in [1.82, 2.24) is 4.90 Å². The second-order valence-corrected chi connectivity index (χ2v) is 10.8. The van der Waals surface area contributed by atoms with E-state index in [0.29, 0.717) is 6.42 Å². The van der Waals surface area contributed by atoms with Crippen LogP contribution in [0.2, 0.25) is 0 Å². The van der Waals surface area contributed by atoms with Gasteiger partial charge in [0.25, 0.3) is 0 Å². The minimum Gasteiger partial charge on any atom is -0.473 e. The van der Waals surface area contributed by atoms with E-state index < -0.39 is 11.9 Å². The molecule has 3 aromatic carbocycles. The number of fused-ring (bicyclic) bond motifs is 1. The number of likely N-dealkylation sites (tertiary alicyclic amines) is 1. The Bertz CT molecular complexity index is 1290. The van der Waals surface area contributed by atoms with Gasteiger partial charge in [-0.2, -0.15) is 0 Å². The molecule has 210 valence electrons. The summed E-state index contributed by atoms with van der Waals surface area (Å²) in [5, 5.41) is 14.8. The maximum Gasteiger partial charge on any atom is 0.414 e. The topological polar surface area (TPSA) is 98.2 Å². The largest absolute Gasteiger partial charge is 0.473 e. The quantitative estimate of drug-likeness (QED) is 0.398. The summed E-state index contributed by atoms with van der Waals surface area (Å²) in [5.41, 5.74) is 6.33. The minimum absolute atomic E-state index is 0.189. The van der Waals surface area contributed by atoms with Crippen LogP contribution in [0, 0.1) is 5.41 Å². The average Bonchev–Trinajstić information content (AvgIpc) is 2.97. The van der Waals surface area contributed by atoms with Gasteiger partial charge in [0.15, 0.2) is 0 Å². The number of benzene rings is 3. The third kappa shape index (κ3) is 7.36. The molecule has 0 bridgehead atoms. The van der Waals surface area contributed by atoms with Crippen molar-refractivity contribution in [2.24, 2.45) is 5.41 Å². The van der Waals surface area contributed by atoms with E-state index in [4.69, 9.17) is 19.8 Å². The van der Waals surface area contributed by atoms with Crippen molar-refractivity contribution in [3.63, 3.8) is 0 Å². The second-order valence-electron chi connectivity index (χ2n) is 10.8. The minimum atomic E-state index is -1.82. The lowest BCUT2D eigenvalue weighted by Crippen LogP contribution is -2.54. The van der Waals surface area contributed by atoms with Crippen LogP contribution >= 0.6 is 0 Å². The zero-order chi connectivity index (χ0) is 28.5. The number of anilines is 1. The van der Waals surface area contributed by atoms with Crippen LogP contribution in [0.1, 0.15) is 43.7 Å². The molecule has 1 fully saturated rings. The van der Waals surface area contributed by atoms with Gasteiger partial charge in [-0.15, -0.1) is 0 Å². The first-order valence-electron chi connectivity index (χ1n) is 14.0. The second kappa shape index (κ2) is 13.4. The van der Waals surface area contributed by atoms with E-state index in [-0.39, 0.29) is 11.3 Å². The molecule has 1 spiro atoms. The lowest BCUT2D eigenvalue weighted by atomic mass is 9.72. The Morgan fingerprint density at radius 3 is 2.15 bits per heavy atom. The number of hydrogen-bond acceptors (Lipinski definition) is 4. The number of amides is 1.